The second-order valence-corrected chi connectivity index (χ2v) is 5.12. The van der Waals surface area contributed by atoms with Crippen LogP contribution in [0.3, 0.4) is 0 Å². The third kappa shape index (κ3) is 4.07. The topological polar surface area (TPSA) is 58.9 Å². The molecule has 4 nitrogen and oxygen atoms in total. The van der Waals surface area contributed by atoms with Crippen LogP contribution in [-0.4, -0.2) is 20.1 Å². The Labute approximate surface area is 123 Å². The number of aromatic nitrogens is 3. The lowest BCUT2D eigenvalue weighted by molar-refractivity contribution is -0.141. The number of thioether (sulfide) groups is 1. The molecule has 0 aliphatic rings. The summed E-state index contributed by atoms with van der Waals surface area (Å²) in [5, 5.41) is 9.17. The lowest BCUT2D eigenvalue weighted by Gasteiger charge is -2.09. The fourth-order valence-electron chi connectivity index (χ4n) is 1.68. The van der Waals surface area contributed by atoms with Crippen molar-refractivity contribution in [3.63, 3.8) is 0 Å². The van der Waals surface area contributed by atoms with E-state index in [-0.39, 0.29) is 5.16 Å². The van der Waals surface area contributed by atoms with Gasteiger partial charge in [0.25, 0.3) is 0 Å². The Bertz CT molecular complexity index is 634. The standard InChI is InChI=1S/C13H12F3N3OS/c1-2-8-6-17-4-3-9(8)7-21-12-18-10(13(14,15)16)5-11(20)19-12/h3-6H,2,7H2,1H3,(H,18,19,20). The Kier molecular flexibility index (Phi) is 4.66. The Morgan fingerprint density at radius 3 is 2.67 bits per heavy atom. The molecule has 0 radical (unpaired) electrons. The first-order chi connectivity index (χ1) is 9.90. The van der Waals surface area contributed by atoms with Gasteiger partial charge in [0.2, 0.25) is 5.88 Å². The molecule has 2 heterocycles. The van der Waals surface area contributed by atoms with Crippen LogP contribution in [0.4, 0.5) is 13.2 Å². The minimum atomic E-state index is -4.61. The molecular formula is C13H12F3N3OS. The highest BCUT2D eigenvalue weighted by Gasteiger charge is 2.33. The molecule has 21 heavy (non-hydrogen) atoms. The molecule has 0 unspecified atom stereocenters. The Balaban J connectivity index is 2.19. The molecule has 0 aliphatic heterocycles. The molecule has 0 amide bonds. The van der Waals surface area contributed by atoms with E-state index in [1.807, 2.05) is 6.92 Å². The third-order valence-corrected chi connectivity index (χ3v) is 3.62. The first-order valence-electron chi connectivity index (χ1n) is 6.10. The van der Waals surface area contributed by atoms with Gasteiger partial charge in [-0.2, -0.15) is 18.2 Å². The van der Waals surface area contributed by atoms with Gasteiger partial charge in [0.15, 0.2) is 10.9 Å². The van der Waals surface area contributed by atoms with E-state index in [4.69, 9.17) is 0 Å². The van der Waals surface area contributed by atoms with Crippen LogP contribution in [0.2, 0.25) is 0 Å². The second kappa shape index (κ2) is 6.30. The maximum absolute atomic E-state index is 12.6. The molecule has 0 saturated carbocycles. The average molecular weight is 315 g/mol. The van der Waals surface area contributed by atoms with E-state index in [2.05, 4.69) is 15.0 Å². The maximum Gasteiger partial charge on any atom is 0.433 e. The van der Waals surface area contributed by atoms with Gasteiger partial charge >= 0.3 is 6.18 Å². The smallest absolute Gasteiger partial charge is 0.433 e. The highest BCUT2D eigenvalue weighted by molar-refractivity contribution is 7.98. The van der Waals surface area contributed by atoms with Crippen LogP contribution in [-0.2, 0) is 18.3 Å². The minimum Gasteiger partial charge on any atom is -0.493 e. The normalized spacial score (nSPS) is 11.6. The van der Waals surface area contributed by atoms with Crippen LogP contribution < -0.4 is 0 Å². The van der Waals surface area contributed by atoms with E-state index in [1.165, 1.54) is 0 Å². The van der Waals surface area contributed by atoms with Gasteiger partial charge in [-0.05, 0) is 23.6 Å². The number of nitrogens with zero attached hydrogens (tertiary/aromatic N) is 3. The number of alkyl halides is 3. The van der Waals surface area contributed by atoms with Crippen LogP contribution in [0.1, 0.15) is 23.7 Å². The lowest BCUT2D eigenvalue weighted by Crippen LogP contribution is -2.09. The van der Waals surface area contributed by atoms with E-state index in [9.17, 15) is 18.3 Å². The van der Waals surface area contributed by atoms with Gasteiger partial charge in [0, 0.05) is 24.2 Å². The number of hydrogen-bond acceptors (Lipinski definition) is 5. The predicted molar refractivity (Wildman–Crippen MR) is 71.9 cm³/mol. The van der Waals surface area contributed by atoms with Crippen molar-refractivity contribution in [3.05, 3.63) is 41.3 Å². The maximum atomic E-state index is 12.6. The molecule has 0 atom stereocenters. The molecule has 2 rings (SSSR count). The van der Waals surface area contributed by atoms with Crippen LogP contribution in [0.15, 0.2) is 29.7 Å². The summed E-state index contributed by atoms with van der Waals surface area (Å²) in [4.78, 5) is 11.0. The largest absolute Gasteiger partial charge is 0.493 e. The molecule has 0 aromatic carbocycles. The van der Waals surface area contributed by atoms with Crippen molar-refractivity contribution in [1.29, 1.82) is 0 Å². The van der Waals surface area contributed by atoms with Gasteiger partial charge in [-0.15, -0.1) is 0 Å². The van der Waals surface area contributed by atoms with E-state index < -0.39 is 17.8 Å². The monoisotopic (exact) mass is 315 g/mol. The van der Waals surface area contributed by atoms with E-state index >= 15 is 0 Å². The number of hydrogen-bond donors (Lipinski definition) is 1. The molecule has 0 fully saturated rings. The van der Waals surface area contributed by atoms with E-state index in [0.29, 0.717) is 11.8 Å². The van der Waals surface area contributed by atoms with Crippen molar-refractivity contribution >= 4 is 11.8 Å². The van der Waals surface area contributed by atoms with Crippen molar-refractivity contribution < 1.29 is 18.3 Å². The molecule has 0 aliphatic carbocycles. The van der Waals surface area contributed by atoms with Crippen LogP contribution in [0.5, 0.6) is 5.88 Å². The SMILES string of the molecule is CCc1cnccc1CSc1nc(O)cc(C(F)(F)F)n1. The quantitative estimate of drug-likeness (QED) is 0.692. The molecule has 2 aromatic heterocycles. The minimum absolute atomic E-state index is 0.110. The zero-order valence-corrected chi connectivity index (χ0v) is 11.9. The van der Waals surface area contributed by atoms with Gasteiger partial charge in [-0.3, -0.25) is 4.98 Å². The number of rotatable bonds is 4. The molecule has 112 valence electrons. The number of halogens is 3. The molecule has 8 heteroatoms. The predicted octanol–water partition coefficient (Wildman–Crippen LogP) is 3.45. The molecule has 0 saturated heterocycles. The molecule has 2 aromatic rings. The van der Waals surface area contributed by atoms with Crippen LogP contribution in [0, 0.1) is 0 Å². The zero-order valence-electron chi connectivity index (χ0n) is 11.1. The van der Waals surface area contributed by atoms with Crippen molar-refractivity contribution in [2.24, 2.45) is 0 Å². The summed E-state index contributed by atoms with van der Waals surface area (Å²) >= 11 is 1.04. The Hall–Kier alpha value is -1.83. The third-order valence-electron chi connectivity index (χ3n) is 2.72. The summed E-state index contributed by atoms with van der Waals surface area (Å²) in [5.74, 6) is -0.280. The first kappa shape index (κ1) is 15.6. The lowest BCUT2D eigenvalue weighted by atomic mass is 10.1. The van der Waals surface area contributed by atoms with Crippen molar-refractivity contribution in [3.8, 4) is 5.88 Å². The summed E-state index contributed by atoms with van der Waals surface area (Å²) in [7, 11) is 0. The van der Waals surface area contributed by atoms with Gasteiger partial charge in [-0.1, -0.05) is 18.7 Å². The Morgan fingerprint density at radius 1 is 1.24 bits per heavy atom. The van der Waals surface area contributed by atoms with Gasteiger partial charge in [0.05, 0.1) is 0 Å². The van der Waals surface area contributed by atoms with Crippen LogP contribution >= 0.6 is 11.8 Å². The number of pyridine rings is 1. The number of aryl methyl sites for hydroxylation is 1. The average Bonchev–Trinajstić information content (AvgIpc) is 2.44. The summed E-state index contributed by atoms with van der Waals surface area (Å²) in [6.45, 7) is 1.97. The summed E-state index contributed by atoms with van der Waals surface area (Å²) in [6, 6.07) is 2.31. The zero-order chi connectivity index (χ0) is 15.5. The van der Waals surface area contributed by atoms with Gasteiger partial charge in [-0.25, -0.2) is 4.98 Å². The Morgan fingerprint density at radius 2 is 2.00 bits per heavy atom. The molecule has 0 bridgehead atoms. The summed E-state index contributed by atoms with van der Waals surface area (Å²) in [6.07, 6.45) is -0.487. The summed E-state index contributed by atoms with van der Waals surface area (Å²) < 4.78 is 37.8. The fourth-order valence-corrected chi connectivity index (χ4v) is 2.57. The van der Waals surface area contributed by atoms with Gasteiger partial charge < -0.3 is 5.11 Å². The first-order valence-corrected chi connectivity index (χ1v) is 7.08. The molecule has 1 N–H and O–H groups in total. The van der Waals surface area contributed by atoms with Gasteiger partial charge in [0.1, 0.15) is 0 Å². The molecule has 0 spiro atoms. The highest BCUT2D eigenvalue weighted by atomic mass is 32.2. The van der Waals surface area contributed by atoms with E-state index in [1.54, 1.807) is 18.5 Å². The number of aromatic hydroxyl groups is 1. The highest BCUT2D eigenvalue weighted by Crippen LogP contribution is 2.31. The van der Waals surface area contributed by atoms with Crippen LogP contribution in [0.25, 0.3) is 0 Å². The van der Waals surface area contributed by atoms with Crippen molar-refractivity contribution in [2.75, 3.05) is 0 Å². The van der Waals surface area contributed by atoms with Crippen molar-refractivity contribution in [2.45, 2.75) is 30.4 Å². The summed E-state index contributed by atoms with van der Waals surface area (Å²) in [5.41, 5.74) is 0.821. The second-order valence-electron chi connectivity index (χ2n) is 4.18. The molecular weight excluding hydrogens is 303 g/mol. The van der Waals surface area contributed by atoms with Crippen molar-refractivity contribution in [1.82, 2.24) is 15.0 Å². The van der Waals surface area contributed by atoms with E-state index in [0.717, 1.165) is 29.3 Å². The fraction of sp³-hybridized carbons (Fsp3) is 0.308.